The van der Waals surface area contributed by atoms with Gasteiger partial charge in [-0.2, -0.15) is 0 Å². The van der Waals surface area contributed by atoms with Crippen LogP contribution in [-0.2, 0) is 6.42 Å². The Morgan fingerprint density at radius 3 is 2.85 bits per heavy atom. The number of nitrogens with zero attached hydrogens (tertiary/aromatic N) is 1. The Labute approximate surface area is 121 Å². The number of hydrazine groups is 1. The molecule has 0 aliphatic carbocycles. The number of aryl methyl sites for hydroxylation is 1. The van der Waals surface area contributed by atoms with Crippen molar-refractivity contribution in [3.05, 3.63) is 39.8 Å². The maximum Gasteiger partial charge on any atom is 0.161 e. The molecule has 0 fully saturated rings. The van der Waals surface area contributed by atoms with E-state index >= 15 is 0 Å². The molecule has 1 aliphatic heterocycles. The number of hydrogen-bond donors (Lipinski definition) is 2. The van der Waals surface area contributed by atoms with Gasteiger partial charge in [-0.05, 0) is 24.6 Å². The molecule has 106 valence electrons. The third-order valence-electron chi connectivity index (χ3n) is 3.25. The number of ether oxygens (including phenoxy) is 2. The monoisotopic (exact) mass is 291 g/mol. The third kappa shape index (κ3) is 2.77. The second-order valence-corrected chi connectivity index (χ2v) is 5.75. The van der Waals surface area contributed by atoms with Crippen LogP contribution in [0.3, 0.4) is 0 Å². The van der Waals surface area contributed by atoms with Gasteiger partial charge >= 0.3 is 0 Å². The summed E-state index contributed by atoms with van der Waals surface area (Å²) < 4.78 is 11.1. The molecule has 2 aromatic rings. The first-order chi connectivity index (χ1) is 9.76. The van der Waals surface area contributed by atoms with E-state index in [1.165, 1.54) is 0 Å². The summed E-state index contributed by atoms with van der Waals surface area (Å²) in [6, 6.07) is 5.93. The molecule has 1 unspecified atom stereocenters. The van der Waals surface area contributed by atoms with Gasteiger partial charge in [0.15, 0.2) is 11.5 Å². The standard InChI is InChI=1S/C14H17N3O2S/c1-9-16-11(8-20-9)7-12(17-15)10-2-3-13-14(6-10)19-5-4-18-13/h2-3,6,8,12,17H,4-5,7,15H2,1H3. The van der Waals surface area contributed by atoms with Crippen molar-refractivity contribution in [2.75, 3.05) is 13.2 Å². The fraction of sp³-hybridized carbons (Fsp3) is 0.357. The number of aromatic nitrogens is 1. The van der Waals surface area contributed by atoms with Crippen LogP contribution in [0, 0.1) is 6.92 Å². The molecule has 1 aliphatic rings. The van der Waals surface area contributed by atoms with Gasteiger partial charge in [-0.15, -0.1) is 11.3 Å². The molecule has 0 saturated heterocycles. The van der Waals surface area contributed by atoms with E-state index in [4.69, 9.17) is 15.3 Å². The molecule has 1 aromatic heterocycles. The Balaban J connectivity index is 1.81. The number of thiazole rings is 1. The molecular formula is C14H17N3O2S. The first-order valence-corrected chi connectivity index (χ1v) is 7.41. The zero-order valence-corrected chi connectivity index (χ0v) is 12.1. The summed E-state index contributed by atoms with van der Waals surface area (Å²) in [6.45, 7) is 3.19. The van der Waals surface area contributed by atoms with Gasteiger partial charge < -0.3 is 9.47 Å². The Hall–Kier alpha value is -1.63. The van der Waals surface area contributed by atoms with Crippen LogP contribution < -0.4 is 20.7 Å². The van der Waals surface area contributed by atoms with Crippen molar-refractivity contribution in [3.63, 3.8) is 0 Å². The zero-order valence-electron chi connectivity index (χ0n) is 11.3. The Morgan fingerprint density at radius 2 is 2.15 bits per heavy atom. The number of nitrogens with one attached hydrogen (secondary N) is 1. The van der Waals surface area contributed by atoms with Crippen LogP contribution in [0.2, 0.25) is 0 Å². The van der Waals surface area contributed by atoms with Gasteiger partial charge in [0.2, 0.25) is 0 Å². The van der Waals surface area contributed by atoms with Crippen LogP contribution >= 0.6 is 11.3 Å². The van der Waals surface area contributed by atoms with Crippen LogP contribution in [0.15, 0.2) is 23.6 Å². The van der Waals surface area contributed by atoms with Gasteiger partial charge in [0.1, 0.15) is 13.2 Å². The van der Waals surface area contributed by atoms with Crippen LogP contribution in [0.4, 0.5) is 0 Å². The number of benzene rings is 1. The van der Waals surface area contributed by atoms with E-state index in [0.29, 0.717) is 13.2 Å². The van der Waals surface area contributed by atoms with Crippen molar-refractivity contribution < 1.29 is 9.47 Å². The minimum Gasteiger partial charge on any atom is -0.486 e. The summed E-state index contributed by atoms with van der Waals surface area (Å²) in [5.41, 5.74) is 4.97. The lowest BCUT2D eigenvalue weighted by Crippen LogP contribution is -2.29. The average molecular weight is 291 g/mol. The summed E-state index contributed by atoms with van der Waals surface area (Å²) in [6.07, 6.45) is 0.750. The normalized spacial score (nSPS) is 15.1. The van der Waals surface area contributed by atoms with Crippen LogP contribution in [-0.4, -0.2) is 18.2 Å². The number of rotatable bonds is 4. The SMILES string of the molecule is Cc1nc(CC(NN)c2ccc3c(c2)OCCO3)cs1. The molecule has 0 spiro atoms. The summed E-state index contributed by atoms with van der Waals surface area (Å²) in [4.78, 5) is 4.48. The Morgan fingerprint density at radius 1 is 1.35 bits per heavy atom. The summed E-state index contributed by atoms with van der Waals surface area (Å²) in [5, 5.41) is 3.13. The lowest BCUT2D eigenvalue weighted by Gasteiger charge is -2.21. The van der Waals surface area contributed by atoms with E-state index in [2.05, 4.69) is 15.8 Å². The molecule has 1 aromatic carbocycles. The van der Waals surface area contributed by atoms with Gasteiger partial charge in [0, 0.05) is 11.8 Å². The van der Waals surface area contributed by atoms with Crippen molar-refractivity contribution >= 4 is 11.3 Å². The molecule has 1 atom stereocenters. The largest absolute Gasteiger partial charge is 0.486 e. The molecule has 5 nitrogen and oxygen atoms in total. The van der Waals surface area contributed by atoms with Gasteiger partial charge in [-0.1, -0.05) is 6.07 Å². The molecule has 0 bridgehead atoms. The summed E-state index contributed by atoms with van der Waals surface area (Å²) in [5.74, 6) is 7.26. The van der Waals surface area contributed by atoms with Gasteiger partial charge in [0.05, 0.1) is 16.7 Å². The fourth-order valence-electron chi connectivity index (χ4n) is 2.26. The Kier molecular flexibility index (Phi) is 3.86. The van der Waals surface area contributed by atoms with Crippen molar-refractivity contribution in [2.45, 2.75) is 19.4 Å². The molecule has 3 N–H and O–H groups in total. The highest BCUT2D eigenvalue weighted by Crippen LogP contribution is 2.33. The van der Waals surface area contributed by atoms with Crippen LogP contribution in [0.5, 0.6) is 11.5 Å². The molecular weight excluding hydrogens is 274 g/mol. The predicted molar refractivity (Wildman–Crippen MR) is 78.1 cm³/mol. The number of hydrogen-bond acceptors (Lipinski definition) is 6. The average Bonchev–Trinajstić information content (AvgIpc) is 2.89. The molecule has 6 heteroatoms. The summed E-state index contributed by atoms with van der Waals surface area (Å²) in [7, 11) is 0. The highest BCUT2D eigenvalue weighted by molar-refractivity contribution is 7.09. The highest BCUT2D eigenvalue weighted by Gasteiger charge is 2.17. The molecule has 20 heavy (non-hydrogen) atoms. The molecule has 0 saturated carbocycles. The third-order valence-corrected chi connectivity index (χ3v) is 4.07. The fourth-order valence-corrected chi connectivity index (χ4v) is 2.89. The van der Waals surface area contributed by atoms with Crippen molar-refractivity contribution in [1.82, 2.24) is 10.4 Å². The van der Waals surface area contributed by atoms with Crippen LogP contribution in [0.25, 0.3) is 0 Å². The van der Waals surface area contributed by atoms with E-state index in [9.17, 15) is 0 Å². The lowest BCUT2D eigenvalue weighted by molar-refractivity contribution is 0.171. The van der Waals surface area contributed by atoms with Gasteiger partial charge in [-0.25, -0.2) is 4.98 Å². The van der Waals surface area contributed by atoms with Gasteiger partial charge in [-0.3, -0.25) is 11.3 Å². The lowest BCUT2D eigenvalue weighted by atomic mass is 10.0. The Bertz CT molecular complexity index is 600. The van der Waals surface area contributed by atoms with Gasteiger partial charge in [0.25, 0.3) is 0 Å². The van der Waals surface area contributed by atoms with E-state index in [1.807, 2.05) is 25.1 Å². The quantitative estimate of drug-likeness (QED) is 0.666. The molecule has 2 heterocycles. The minimum absolute atomic E-state index is 0.00678. The highest BCUT2D eigenvalue weighted by atomic mass is 32.1. The molecule has 0 amide bonds. The maximum atomic E-state index is 5.69. The minimum atomic E-state index is 0.00678. The second kappa shape index (κ2) is 5.78. The topological polar surface area (TPSA) is 69.4 Å². The van der Waals surface area contributed by atoms with E-state index in [1.54, 1.807) is 11.3 Å². The first kappa shape index (κ1) is 13.4. The predicted octanol–water partition coefficient (Wildman–Crippen LogP) is 1.97. The maximum absolute atomic E-state index is 5.69. The van der Waals surface area contributed by atoms with E-state index in [0.717, 1.165) is 34.2 Å². The van der Waals surface area contributed by atoms with Crippen LogP contribution in [0.1, 0.15) is 22.3 Å². The smallest absolute Gasteiger partial charge is 0.161 e. The van der Waals surface area contributed by atoms with E-state index in [-0.39, 0.29) is 6.04 Å². The molecule has 0 radical (unpaired) electrons. The number of nitrogens with two attached hydrogens (primary N) is 1. The zero-order chi connectivity index (χ0) is 13.9. The first-order valence-electron chi connectivity index (χ1n) is 6.53. The van der Waals surface area contributed by atoms with Crippen molar-refractivity contribution in [1.29, 1.82) is 0 Å². The molecule has 3 rings (SSSR count). The second-order valence-electron chi connectivity index (χ2n) is 4.68. The van der Waals surface area contributed by atoms with Crippen molar-refractivity contribution in [2.24, 2.45) is 5.84 Å². The number of fused-ring (bicyclic) bond motifs is 1. The van der Waals surface area contributed by atoms with E-state index < -0.39 is 0 Å². The summed E-state index contributed by atoms with van der Waals surface area (Å²) >= 11 is 1.65. The van der Waals surface area contributed by atoms with Crippen molar-refractivity contribution in [3.8, 4) is 11.5 Å².